The summed E-state index contributed by atoms with van der Waals surface area (Å²) < 4.78 is 5.91. The number of rotatable bonds is 7. The molecule has 0 bridgehead atoms. The van der Waals surface area contributed by atoms with Gasteiger partial charge in [0.1, 0.15) is 0 Å². The fraction of sp³-hybridized carbons (Fsp3) is 0.938. The SMILES string of the molecule is CCCNC(C)(CCN1CCOC2CCCCC21)C(N)=O. The van der Waals surface area contributed by atoms with Crippen molar-refractivity contribution >= 4 is 5.91 Å². The predicted molar refractivity (Wildman–Crippen MR) is 84.1 cm³/mol. The number of hydrogen-bond donors (Lipinski definition) is 2. The van der Waals surface area contributed by atoms with Gasteiger partial charge in [0.2, 0.25) is 5.91 Å². The number of morpholine rings is 1. The Hall–Kier alpha value is -0.650. The first kappa shape index (κ1) is 16.7. The highest BCUT2D eigenvalue weighted by molar-refractivity contribution is 5.84. The molecule has 3 atom stereocenters. The van der Waals surface area contributed by atoms with Gasteiger partial charge < -0.3 is 15.8 Å². The maximum atomic E-state index is 11.8. The molecule has 1 heterocycles. The van der Waals surface area contributed by atoms with Gasteiger partial charge in [-0.3, -0.25) is 9.69 Å². The van der Waals surface area contributed by atoms with Crippen LogP contribution in [0.2, 0.25) is 0 Å². The molecule has 1 amide bonds. The van der Waals surface area contributed by atoms with Crippen molar-refractivity contribution in [3.63, 3.8) is 0 Å². The van der Waals surface area contributed by atoms with Gasteiger partial charge in [-0.2, -0.15) is 0 Å². The standard InChI is InChI=1S/C16H31N3O2/c1-3-9-18-16(2,15(17)20)8-10-19-11-12-21-14-7-5-4-6-13(14)19/h13-14,18H,3-12H2,1-2H3,(H2,17,20). The predicted octanol–water partition coefficient (Wildman–Crippen LogP) is 1.26. The fourth-order valence-corrected chi connectivity index (χ4v) is 3.52. The zero-order valence-corrected chi connectivity index (χ0v) is 13.6. The Bertz CT molecular complexity index is 348. The van der Waals surface area contributed by atoms with E-state index in [9.17, 15) is 4.79 Å². The smallest absolute Gasteiger partial charge is 0.237 e. The molecular weight excluding hydrogens is 266 g/mol. The number of hydrogen-bond acceptors (Lipinski definition) is 4. The largest absolute Gasteiger partial charge is 0.375 e. The Labute approximate surface area is 128 Å². The quantitative estimate of drug-likeness (QED) is 0.742. The molecular formula is C16H31N3O2. The van der Waals surface area contributed by atoms with Gasteiger partial charge in [-0.1, -0.05) is 19.8 Å². The van der Waals surface area contributed by atoms with Gasteiger partial charge in [0.15, 0.2) is 0 Å². The summed E-state index contributed by atoms with van der Waals surface area (Å²) in [4.78, 5) is 14.3. The van der Waals surface area contributed by atoms with E-state index in [4.69, 9.17) is 10.5 Å². The highest BCUT2D eigenvalue weighted by Crippen LogP contribution is 2.29. The van der Waals surface area contributed by atoms with Gasteiger partial charge in [0.25, 0.3) is 0 Å². The Balaban J connectivity index is 1.91. The first-order valence-electron chi connectivity index (χ1n) is 8.47. The van der Waals surface area contributed by atoms with Crippen molar-refractivity contribution in [3.05, 3.63) is 0 Å². The normalized spacial score (nSPS) is 29.6. The molecule has 2 rings (SSSR count). The van der Waals surface area contributed by atoms with Crippen LogP contribution in [0, 0.1) is 0 Å². The molecule has 2 aliphatic rings. The molecule has 1 aliphatic carbocycles. The highest BCUT2D eigenvalue weighted by Gasteiger charge is 2.36. The molecule has 2 fully saturated rings. The molecule has 0 aromatic heterocycles. The number of nitrogens with zero attached hydrogens (tertiary/aromatic N) is 1. The van der Waals surface area contributed by atoms with E-state index in [0.717, 1.165) is 39.1 Å². The molecule has 1 saturated heterocycles. The summed E-state index contributed by atoms with van der Waals surface area (Å²) >= 11 is 0. The summed E-state index contributed by atoms with van der Waals surface area (Å²) in [5.74, 6) is -0.246. The lowest BCUT2D eigenvalue weighted by Crippen LogP contribution is -2.57. The molecule has 0 aromatic carbocycles. The van der Waals surface area contributed by atoms with Crippen molar-refractivity contribution in [1.82, 2.24) is 10.2 Å². The number of nitrogens with one attached hydrogen (secondary N) is 1. The van der Waals surface area contributed by atoms with Gasteiger partial charge in [-0.25, -0.2) is 0 Å². The van der Waals surface area contributed by atoms with Crippen molar-refractivity contribution in [2.24, 2.45) is 5.73 Å². The van der Waals surface area contributed by atoms with E-state index in [2.05, 4.69) is 17.1 Å². The lowest BCUT2D eigenvalue weighted by molar-refractivity contribution is -0.125. The molecule has 122 valence electrons. The topological polar surface area (TPSA) is 67.6 Å². The molecule has 3 unspecified atom stereocenters. The van der Waals surface area contributed by atoms with Crippen LogP contribution < -0.4 is 11.1 Å². The maximum Gasteiger partial charge on any atom is 0.237 e. The molecule has 21 heavy (non-hydrogen) atoms. The monoisotopic (exact) mass is 297 g/mol. The minimum absolute atomic E-state index is 0.246. The molecule has 5 nitrogen and oxygen atoms in total. The lowest BCUT2D eigenvalue weighted by atomic mass is 9.89. The van der Waals surface area contributed by atoms with E-state index in [1.54, 1.807) is 0 Å². The van der Waals surface area contributed by atoms with Crippen LogP contribution in [-0.2, 0) is 9.53 Å². The van der Waals surface area contributed by atoms with Gasteiger partial charge in [0, 0.05) is 19.1 Å². The van der Waals surface area contributed by atoms with Gasteiger partial charge in [-0.15, -0.1) is 0 Å². The number of amides is 1. The van der Waals surface area contributed by atoms with E-state index < -0.39 is 5.54 Å². The van der Waals surface area contributed by atoms with Crippen LogP contribution in [-0.4, -0.2) is 54.7 Å². The molecule has 5 heteroatoms. The number of nitrogens with two attached hydrogens (primary N) is 1. The molecule has 0 aromatic rings. The Morgan fingerprint density at radius 3 is 2.90 bits per heavy atom. The third kappa shape index (κ3) is 4.18. The van der Waals surface area contributed by atoms with Crippen LogP contribution in [0.5, 0.6) is 0 Å². The van der Waals surface area contributed by atoms with Crippen molar-refractivity contribution < 1.29 is 9.53 Å². The van der Waals surface area contributed by atoms with Gasteiger partial charge in [0.05, 0.1) is 18.2 Å². The highest BCUT2D eigenvalue weighted by atomic mass is 16.5. The van der Waals surface area contributed by atoms with E-state index in [1.807, 2.05) is 6.92 Å². The average Bonchev–Trinajstić information content (AvgIpc) is 2.50. The second-order valence-corrected chi connectivity index (χ2v) is 6.67. The minimum Gasteiger partial charge on any atom is -0.375 e. The second kappa shape index (κ2) is 7.56. The molecule has 3 N–H and O–H groups in total. The molecule has 0 spiro atoms. The third-order valence-electron chi connectivity index (χ3n) is 5.06. The Kier molecular flexibility index (Phi) is 6.02. The van der Waals surface area contributed by atoms with Crippen LogP contribution in [0.1, 0.15) is 52.4 Å². The lowest BCUT2D eigenvalue weighted by Gasteiger charge is -2.44. The molecule has 1 saturated carbocycles. The summed E-state index contributed by atoms with van der Waals surface area (Å²) in [6, 6.07) is 0.538. The van der Waals surface area contributed by atoms with Crippen LogP contribution in [0.3, 0.4) is 0 Å². The number of carbonyl (C=O) groups is 1. The van der Waals surface area contributed by atoms with E-state index in [-0.39, 0.29) is 5.91 Å². The minimum atomic E-state index is -0.599. The number of fused-ring (bicyclic) bond motifs is 1. The van der Waals surface area contributed by atoms with Crippen LogP contribution >= 0.6 is 0 Å². The zero-order valence-electron chi connectivity index (χ0n) is 13.6. The van der Waals surface area contributed by atoms with Crippen molar-refractivity contribution in [1.29, 1.82) is 0 Å². The number of ether oxygens (including phenoxy) is 1. The summed E-state index contributed by atoms with van der Waals surface area (Å²) in [7, 11) is 0. The number of primary amides is 1. The van der Waals surface area contributed by atoms with Crippen LogP contribution in [0.25, 0.3) is 0 Å². The second-order valence-electron chi connectivity index (χ2n) is 6.67. The Morgan fingerprint density at radius 1 is 1.43 bits per heavy atom. The van der Waals surface area contributed by atoms with Gasteiger partial charge in [-0.05, 0) is 39.2 Å². The van der Waals surface area contributed by atoms with Crippen LogP contribution in [0.4, 0.5) is 0 Å². The summed E-state index contributed by atoms with van der Waals surface area (Å²) in [5, 5.41) is 3.32. The summed E-state index contributed by atoms with van der Waals surface area (Å²) in [6.45, 7) is 7.57. The first-order chi connectivity index (χ1) is 10.1. The fourth-order valence-electron chi connectivity index (χ4n) is 3.52. The summed E-state index contributed by atoms with van der Waals surface area (Å²) in [6.07, 6.45) is 7.16. The van der Waals surface area contributed by atoms with Crippen LogP contribution in [0.15, 0.2) is 0 Å². The molecule has 0 radical (unpaired) electrons. The van der Waals surface area contributed by atoms with Crippen molar-refractivity contribution in [2.75, 3.05) is 26.2 Å². The zero-order chi connectivity index (χ0) is 15.3. The average molecular weight is 297 g/mol. The summed E-state index contributed by atoms with van der Waals surface area (Å²) in [5.41, 5.74) is 5.02. The third-order valence-corrected chi connectivity index (χ3v) is 5.06. The van der Waals surface area contributed by atoms with E-state index >= 15 is 0 Å². The maximum absolute atomic E-state index is 11.8. The van der Waals surface area contributed by atoms with E-state index in [1.165, 1.54) is 25.7 Å². The van der Waals surface area contributed by atoms with Crippen molar-refractivity contribution in [2.45, 2.75) is 70.1 Å². The first-order valence-corrected chi connectivity index (χ1v) is 8.47. The van der Waals surface area contributed by atoms with Crippen molar-refractivity contribution in [3.8, 4) is 0 Å². The molecule has 1 aliphatic heterocycles. The van der Waals surface area contributed by atoms with Gasteiger partial charge >= 0.3 is 0 Å². The number of carbonyl (C=O) groups excluding carboxylic acids is 1. The Morgan fingerprint density at radius 2 is 2.19 bits per heavy atom. The van der Waals surface area contributed by atoms with E-state index in [0.29, 0.717) is 12.1 Å².